The van der Waals surface area contributed by atoms with Crippen molar-refractivity contribution in [3.63, 3.8) is 0 Å². The quantitative estimate of drug-likeness (QED) is 0.0283. The molecule has 80 heavy (non-hydrogen) atoms. The van der Waals surface area contributed by atoms with Gasteiger partial charge in [-0.2, -0.15) is 8.67 Å². The fourth-order valence-electron chi connectivity index (χ4n) is 8.13. The van der Waals surface area contributed by atoms with E-state index in [2.05, 4.69) is 22.9 Å². The van der Waals surface area contributed by atoms with E-state index in [9.17, 15) is 101 Å². The molecule has 4 rings (SSSR count). The number of rotatable bonds is 27. The van der Waals surface area contributed by atoms with Crippen LogP contribution in [-0.4, -0.2) is 215 Å². The summed E-state index contributed by atoms with van der Waals surface area (Å²) < 4.78 is 292. The Kier molecular flexibility index (Phi) is 29.8. The minimum atomic E-state index is -5.85. The second kappa shape index (κ2) is 31.9. The molecule has 1 aromatic rings. The number of aliphatic hydroxyl groups is 1. The lowest BCUT2D eigenvalue weighted by Crippen LogP contribution is -2.64. The highest BCUT2D eigenvalue weighted by Crippen LogP contribution is 2.41. The predicted octanol–water partition coefficient (Wildman–Crippen LogP) is -5.30. The van der Waals surface area contributed by atoms with Crippen molar-refractivity contribution in [2.24, 2.45) is 5.92 Å². The number of hydrogen-bond donors (Lipinski definition) is 1. The first kappa shape index (κ1) is 74.8. The molecule has 1 N–H and O–H groups in total. The normalized spacial score (nSPS) is 30.9. The molecule has 0 saturated carbocycles. The molecular formula is C35H53O36S9-9. The van der Waals surface area contributed by atoms with Gasteiger partial charge in [0.25, 0.3) is 0 Å². The molecule has 17 atom stereocenters. The number of benzene rings is 1. The lowest BCUT2D eigenvalue weighted by atomic mass is 9.94. The molecule has 3 heterocycles. The molecule has 17 unspecified atom stereocenters. The van der Waals surface area contributed by atoms with Crippen molar-refractivity contribution in [3.05, 3.63) is 35.9 Å². The molecule has 36 nitrogen and oxygen atoms in total. The number of aliphatic hydroxyl groups excluding tert-OH is 1. The zero-order valence-electron chi connectivity index (χ0n) is 41.9. The van der Waals surface area contributed by atoms with E-state index in [0.717, 1.165) is 12.7 Å². The van der Waals surface area contributed by atoms with Gasteiger partial charge < -0.3 is 80.6 Å². The van der Waals surface area contributed by atoms with Crippen molar-refractivity contribution in [2.75, 3.05) is 26.6 Å². The van der Waals surface area contributed by atoms with Crippen LogP contribution in [0.3, 0.4) is 0 Å². The zero-order valence-corrected chi connectivity index (χ0v) is 49.2. The van der Waals surface area contributed by atoms with Crippen LogP contribution in [0.2, 0.25) is 0 Å². The van der Waals surface area contributed by atoms with E-state index in [1.54, 1.807) is 37.3 Å². The largest absolute Gasteiger partial charge is 0.748 e. The first-order chi connectivity index (χ1) is 36.6. The van der Waals surface area contributed by atoms with Gasteiger partial charge in [-0.15, -0.1) is 0 Å². The summed E-state index contributed by atoms with van der Waals surface area (Å²) >= 11 is -0.462. The van der Waals surface area contributed by atoms with Crippen LogP contribution < -0.4 is 10.5 Å². The third kappa shape index (κ3) is 23.5. The maximum atomic E-state index is 12.1. The smallest absolute Gasteiger partial charge is 0.217 e. The Labute approximate surface area is 469 Å². The standard InChI is InChI=1S/C15H22O9S2.C14H26O22S6.C6H14O5S/c1-10-12(9-25(16,17)18)24-15(22-2)13(14(10)26(19,20)21)23-8-11-6-4-3-5-7-11;1-3-5-7(37-35-33-15)9(39(17,18)19)12(42(26,27)28)14(31-5)30-4-6-8(38-36-34-16)10(40(20,21)22)11(41(23,24)25)13(29-2)32-6;1-3-6(7)4-5(2)11-12(8,9)10/h3-7,10,12-15H,8-9H2,1-2H3,(H,16,17,18)(H,19,20,21);5-16H,3-4H2,1-2H3,(H,17,18,19)(H,20,21,22)(H,23,24,25)(H,26,27,28);5-7H,3-4H2,1-2H3,(H,8,9,10)/p-9. The average molecular weight is 1340 g/mol. The van der Waals surface area contributed by atoms with Crippen molar-refractivity contribution < 1.29 is 163 Å². The van der Waals surface area contributed by atoms with Crippen LogP contribution in [0.1, 0.15) is 52.5 Å². The first-order valence-corrected chi connectivity index (χ1v) is 34.0. The zero-order chi connectivity index (χ0) is 61.6. The summed E-state index contributed by atoms with van der Waals surface area (Å²) in [4.78, 5) is 0. The van der Waals surface area contributed by atoms with Crippen molar-refractivity contribution >= 4 is 95.2 Å². The molecule has 1 aromatic carbocycles. The van der Waals surface area contributed by atoms with Crippen LogP contribution in [0.15, 0.2) is 30.3 Å². The average Bonchev–Trinajstić information content (AvgIpc) is 3.31. The Balaban J connectivity index is 0.000000484. The van der Waals surface area contributed by atoms with Gasteiger partial charge in [0.05, 0.1) is 85.9 Å². The lowest BCUT2D eigenvalue weighted by molar-refractivity contribution is -0.777. The van der Waals surface area contributed by atoms with E-state index >= 15 is 0 Å². The van der Waals surface area contributed by atoms with E-state index in [-0.39, 0.29) is 43.5 Å². The van der Waals surface area contributed by atoms with Crippen LogP contribution in [-0.2, 0) is 134 Å². The number of ether oxygens (including phenoxy) is 7. The monoisotopic (exact) mass is 1340 g/mol. The summed E-state index contributed by atoms with van der Waals surface area (Å²) in [7, 11) is -35.4. The molecule has 0 aromatic heterocycles. The van der Waals surface area contributed by atoms with Crippen LogP contribution in [0.25, 0.3) is 0 Å². The Morgan fingerprint density at radius 3 is 1.44 bits per heavy atom. The van der Waals surface area contributed by atoms with Crippen LogP contribution in [0, 0.1) is 5.92 Å². The summed E-state index contributed by atoms with van der Waals surface area (Å²) in [6, 6.07) is 8.84. The van der Waals surface area contributed by atoms with E-state index in [1.807, 2.05) is 0 Å². The molecule has 0 bridgehead atoms. The predicted molar refractivity (Wildman–Crippen MR) is 251 cm³/mol. The highest BCUT2D eigenvalue weighted by molar-refractivity contribution is 7.98. The maximum Gasteiger partial charge on any atom is 0.217 e. The minimum absolute atomic E-state index is 0.00200. The van der Waals surface area contributed by atoms with Crippen LogP contribution >= 0.6 is 24.1 Å². The number of hydrogen-bond acceptors (Lipinski definition) is 38. The van der Waals surface area contributed by atoms with Crippen molar-refractivity contribution in [1.82, 2.24) is 0 Å². The summed E-state index contributed by atoms with van der Waals surface area (Å²) in [6.45, 7) is 4.63. The Morgan fingerprint density at radius 1 is 0.600 bits per heavy atom. The van der Waals surface area contributed by atoms with E-state index < -0.39 is 182 Å². The van der Waals surface area contributed by atoms with E-state index in [4.69, 9.17) is 38.3 Å². The Morgan fingerprint density at radius 2 is 1.04 bits per heavy atom. The van der Waals surface area contributed by atoms with Gasteiger partial charge in [0, 0.05) is 50.6 Å². The molecule has 0 aliphatic carbocycles. The fourth-order valence-corrected chi connectivity index (χ4v) is 18.8. The van der Waals surface area contributed by atoms with Crippen LogP contribution in [0.4, 0.5) is 0 Å². The van der Waals surface area contributed by atoms with Gasteiger partial charge in [0.2, 0.25) is 10.4 Å². The number of methoxy groups -OCH3 is 2. The Bertz CT molecular complexity index is 2860. The molecule has 3 saturated heterocycles. The molecule has 0 spiro atoms. The Hall–Kier alpha value is -1.31. The highest BCUT2D eigenvalue weighted by Gasteiger charge is 2.56. The van der Waals surface area contributed by atoms with Gasteiger partial charge in [-0.05, 0) is 25.3 Å². The van der Waals surface area contributed by atoms with Gasteiger partial charge >= 0.3 is 0 Å². The molecule has 45 heteroatoms. The van der Waals surface area contributed by atoms with E-state index in [1.165, 1.54) is 27.9 Å². The SMILES string of the molecule is CCC(O)CC(C)OS(=O)(=O)[O-].CCC1OC(OCC2OC(OC)C(S(=O)(=O)[O-])C(S(=O)(=O)[O-])C2SOO[O-])C(S(=O)(=O)[O-])C(S(=O)(=O)[O-])C1SOO[O-].COC1OC(CS(=O)(=O)[O-])C(C)C(S(=O)(=O)[O-])C1OCc1ccccc1. The van der Waals surface area contributed by atoms with Crippen molar-refractivity contribution in [1.29, 1.82) is 0 Å². The van der Waals surface area contributed by atoms with Gasteiger partial charge in [0.1, 0.15) is 67.2 Å². The molecule has 3 aliphatic rings. The third-order valence-electron chi connectivity index (χ3n) is 11.5. The molecule has 3 aliphatic heterocycles. The highest BCUT2D eigenvalue weighted by atomic mass is 32.3. The summed E-state index contributed by atoms with van der Waals surface area (Å²) in [5.74, 6) is -2.04. The van der Waals surface area contributed by atoms with Gasteiger partial charge in [-0.1, -0.05) is 51.1 Å². The van der Waals surface area contributed by atoms with Crippen molar-refractivity contribution in [2.45, 2.75) is 146 Å². The topological polar surface area (TPSA) is 578 Å². The minimum Gasteiger partial charge on any atom is -0.748 e. The van der Waals surface area contributed by atoms with Crippen molar-refractivity contribution in [3.8, 4) is 0 Å². The van der Waals surface area contributed by atoms with Gasteiger partial charge in [0.15, 0.2) is 18.9 Å². The van der Waals surface area contributed by atoms with Gasteiger partial charge in [-0.25, -0.2) is 58.9 Å². The van der Waals surface area contributed by atoms with Gasteiger partial charge in [-0.3, -0.25) is 14.3 Å². The third-order valence-corrected chi connectivity index (χ3v) is 21.6. The summed E-state index contributed by atoms with van der Waals surface area (Å²) in [5, 5.41) is 19.1. The lowest BCUT2D eigenvalue weighted by Gasteiger charge is -2.48. The molecule has 472 valence electrons. The molecule has 3 fully saturated rings. The summed E-state index contributed by atoms with van der Waals surface area (Å²) in [6.07, 6.45) is -13.1. The second-order valence-electron chi connectivity index (χ2n) is 17.0. The maximum absolute atomic E-state index is 12.1. The molecule has 0 radical (unpaired) electrons. The molecule has 0 amide bonds. The second-order valence-corrected chi connectivity index (χ2v) is 28.8. The summed E-state index contributed by atoms with van der Waals surface area (Å²) in [5.41, 5.74) is 0.737. The first-order valence-electron chi connectivity index (χ1n) is 22.1. The van der Waals surface area contributed by atoms with E-state index in [0.29, 0.717) is 6.42 Å². The molecular weight excluding hydrogens is 1280 g/mol. The van der Waals surface area contributed by atoms with Crippen LogP contribution in [0.5, 0.6) is 0 Å². The fraction of sp³-hybridized carbons (Fsp3) is 0.829.